The molecule has 0 aromatic heterocycles. The zero-order chi connectivity index (χ0) is 8.81. The summed E-state index contributed by atoms with van der Waals surface area (Å²) in [6.45, 7) is 4.30. The van der Waals surface area contributed by atoms with Crippen molar-refractivity contribution in [3.63, 3.8) is 0 Å². The first kappa shape index (κ1) is 9.27. The van der Waals surface area contributed by atoms with Crippen molar-refractivity contribution >= 4 is 14.7 Å². The Balaban J connectivity index is 2.39. The minimum atomic E-state index is 0.921. The van der Waals surface area contributed by atoms with E-state index in [1.54, 1.807) is 0 Å². The summed E-state index contributed by atoms with van der Waals surface area (Å²) < 4.78 is 0. The van der Waals surface area contributed by atoms with Crippen LogP contribution in [0.5, 0.6) is 0 Å². The molecular formula is C11H14Si. The van der Waals surface area contributed by atoms with Crippen LogP contribution >= 0.6 is 0 Å². The van der Waals surface area contributed by atoms with Crippen LogP contribution in [0.4, 0.5) is 0 Å². The van der Waals surface area contributed by atoms with Crippen LogP contribution in [-0.2, 0) is 0 Å². The van der Waals surface area contributed by atoms with Crippen molar-refractivity contribution in [1.82, 2.24) is 0 Å². The number of benzene rings is 1. The van der Waals surface area contributed by atoms with Gasteiger partial charge in [-0.05, 0) is 19.9 Å². The molecule has 0 unspecified atom stereocenters. The van der Waals surface area contributed by atoms with Crippen LogP contribution in [0.3, 0.4) is 0 Å². The molecule has 0 bridgehead atoms. The Bertz CT molecular complexity index is 245. The molecule has 0 fully saturated rings. The molecule has 0 heterocycles. The summed E-state index contributed by atoms with van der Waals surface area (Å²) in [5, 5.41) is 1.45. The van der Waals surface area contributed by atoms with Crippen LogP contribution in [0, 0.1) is 0 Å². The van der Waals surface area contributed by atoms with Gasteiger partial charge in [0, 0.05) is 0 Å². The quantitative estimate of drug-likeness (QED) is 0.487. The Morgan fingerprint density at radius 2 is 1.92 bits per heavy atom. The molecule has 1 heteroatoms. The fraction of sp³-hybridized carbons (Fsp3) is 0.273. The number of hydrogen-bond acceptors (Lipinski definition) is 0. The summed E-state index contributed by atoms with van der Waals surface area (Å²) >= 11 is 0. The van der Waals surface area contributed by atoms with E-state index in [0.717, 1.165) is 9.52 Å². The average molecular weight is 174 g/mol. The zero-order valence-electron chi connectivity index (χ0n) is 7.67. The fourth-order valence-electron chi connectivity index (χ4n) is 0.929. The van der Waals surface area contributed by atoms with Gasteiger partial charge in [-0.25, -0.2) is 0 Å². The van der Waals surface area contributed by atoms with E-state index in [2.05, 4.69) is 50.3 Å². The highest BCUT2D eigenvalue weighted by atomic mass is 28.2. The molecule has 12 heavy (non-hydrogen) atoms. The predicted molar refractivity (Wildman–Crippen MR) is 56.1 cm³/mol. The van der Waals surface area contributed by atoms with Crippen molar-refractivity contribution in [2.24, 2.45) is 0 Å². The van der Waals surface area contributed by atoms with Gasteiger partial charge in [-0.1, -0.05) is 47.2 Å². The molecule has 0 nitrogen and oxygen atoms in total. The van der Waals surface area contributed by atoms with Crippen molar-refractivity contribution in [3.05, 3.63) is 42.0 Å². The first-order valence-corrected chi connectivity index (χ1v) is 5.42. The smallest absolute Gasteiger partial charge is 0.0849 e. The summed E-state index contributed by atoms with van der Waals surface area (Å²) in [5.41, 5.74) is 1.42. The van der Waals surface area contributed by atoms with E-state index >= 15 is 0 Å². The standard InChI is InChI=1S/C11H14Si/c1-10(2)8-9-12-11-6-4-3-5-7-11/h3-8H,9H2,1-2H3. The minimum Gasteiger partial charge on any atom is -0.0886 e. The van der Waals surface area contributed by atoms with E-state index in [9.17, 15) is 0 Å². The minimum absolute atomic E-state index is 0.921. The normalized spacial score (nSPS) is 9.50. The van der Waals surface area contributed by atoms with Crippen LogP contribution in [0.1, 0.15) is 13.8 Å². The van der Waals surface area contributed by atoms with Gasteiger partial charge in [0.25, 0.3) is 0 Å². The number of hydrogen-bond donors (Lipinski definition) is 0. The Morgan fingerprint density at radius 3 is 2.50 bits per heavy atom. The molecule has 1 rings (SSSR count). The molecule has 0 aliphatic heterocycles. The van der Waals surface area contributed by atoms with Crippen LogP contribution < -0.4 is 5.19 Å². The molecule has 0 saturated carbocycles. The van der Waals surface area contributed by atoms with Gasteiger partial charge in [-0.15, -0.1) is 0 Å². The lowest BCUT2D eigenvalue weighted by Gasteiger charge is -1.95. The molecule has 1 aromatic rings. The van der Waals surface area contributed by atoms with E-state index in [0.29, 0.717) is 0 Å². The van der Waals surface area contributed by atoms with Crippen LogP contribution in [-0.4, -0.2) is 9.52 Å². The van der Waals surface area contributed by atoms with Crippen molar-refractivity contribution in [2.45, 2.75) is 19.9 Å². The molecule has 0 saturated heterocycles. The molecule has 0 spiro atoms. The van der Waals surface area contributed by atoms with Crippen LogP contribution in [0.2, 0.25) is 6.04 Å². The van der Waals surface area contributed by atoms with Gasteiger partial charge in [0.1, 0.15) is 0 Å². The van der Waals surface area contributed by atoms with Gasteiger partial charge >= 0.3 is 0 Å². The third-order valence-electron chi connectivity index (χ3n) is 1.59. The molecule has 0 aliphatic rings. The SMILES string of the molecule is CC(C)=CC[Si]c1ccccc1. The molecule has 62 valence electrons. The topological polar surface area (TPSA) is 0 Å². The summed E-state index contributed by atoms with van der Waals surface area (Å²) in [4.78, 5) is 0. The second kappa shape index (κ2) is 4.94. The Hall–Kier alpha value is -0.823. The van der Waals surface area contributed by atoms with Gasteiger partial charge < -0.3 is 0 Å². The van der Waals surface area contributed by atoms with Crippen molar-refractivity contribution in [1.29, 1.82) is 0 Å². The first-order chi connectivity index (χ1) is 5.79. The first-order valence-electron chi connectivity index (χ1n) is 4.21. The van der Waals surface area contributed by atoms with Gasteiger partial charge in [0.05, 0.1) is 9.52 Å². The fourth-order valence-corrected chi connectivity index (χ4v) is 2.10. The summed E-state index contributed by atoms with van der Waals surface area (Å²) in [6, 6.07) is 11.8. The molecule has 1 aromatic carbocycles. The second-order valence-electron chi connectivity index (χ2n) is 3.03. The second-order valence-corrected chi connectivity index (χ2v) is 4.37. The van der Waals surface area contributed by atoms with Crippen molar-refractivity contribution < 1.29 is 0 Å². The van der Waals surface area contributed by atoms with Gasteiger partial charge in [0.2, 0.25) is 0 Å². The highest BCUT2D eigenvalue weighted by molar-refractivity contribution is 6.53. The van der Waals surface area contributed by atoms with Crippen LogP contribution in [0.25, 0.3) is 0 Å². The van der Waals surface area contributed by atoms with E-state index < -0.39 is 0 Å². The maximum atomic E-state index is 2.30. The Labute approximate surface area is 77.1 Å². The third-order valence-corrected chi connectivity index (χ3v) is 2.74. The molecule has 0 N–H and O–H groups in total. The lowest BCUT2D eigenvalue weighted by molar-refractivity contribution is 1.36. The third kappa shape index (κ3) is 3.53. The van der Waals surface area contributed by atoms with Gasteiger partial charge in [-0.3, -0.25) is 0 Å². The number of allylic oxidation sites excluding steroid dienone is 2. The molecular weight excluding hydrogens is 160 g/mol. The lowest BCUT2D eigenvalue weighted by atomic mass is 10.3. The van der Waals surface area contributed by atoms with Crippen molar-refractivity contribution in [2.75, 3.05) is 0 Å². The molecule has 0 aliphatic carbocycles. The van der Waals surface area contributed by atoms with E-state index in [1.807, 2.05) is 0 Å². The lowest BCUT2D eigenvalue weighted by Crippen LogP contribution is -2.11. The zero-order valence-corrected chi connectivity index (χ0v) is 8.67. The highest BCUT2D eigenvalue weighted by Crippen LogP contribution is 1.92. The Kier molecular flexibility index (Phi) is 3.81. The summed E-state index contributed by atoms with van der Waals surface area (Å²) in [5.74, 6) is 0. The summed E-state index contributed by atoms with van der Waals surface area (Å²) in [6.07, 6.45) is 2.30. The van der Waals surface area contributed by atoms with Gasteiger partial charge in [0.15, 0.2) is 0 Å². The van der Waals surface area contributed by atoms with E-state index in [1.165, 1.54) is 16.8 Å². The van der Waals surface area contributed by atoms with E-state index in [4.69, 9.17) is 0 Å². The summed E-state index contributed by atoms with van der Waals surface area (Å²) in [7, 11) is 0.921. The largest absolute Gasteiger partial charge is 0.0886 e. The maximum absolute atomic E-state index is 2.30. The molecule has 0 atom stereocenters. The molecule has 0 amide bonds. The average Bonchev–Trinajstić information content (AvgIpc) is 2.05. The highest BCUT2D eigenvalue weighted by Gasteiger charge is 1.89. The maximum Gasteiger partial charge on any atom is 0.0849 e. The predicted octanol–water partition coefficient (Wildman–Crippen LogP) is 2.40. The number of rotatable bonds is 3. The molecule has 2 radical (unpaired) electrons. The van der Waals surface area contributed by atoms with E-state index in [-0.39, 0.29) is 0 Å². The van der Waals surface area contributed by atoms with Crippen LogP contribution in [0.15, 0.2) is 42.0 Å². The van der Waals surface area contributed by atoms with Crippen molar-refractivity contribution in [3.8, 4) is 0 Å². The van der Waals surface area contributed by atoms with Gasteiger partial charge in [-0.2, -0.15) is 0 Å². The Morgan fingerprint density at radius 1 is 1.25 bits per heavy atom. The monoisotopic (exact) mass is 174 g/mol.